The fourth-order valence-electron chi connectivity index (χ4n) is 16.4. The number of fused-ring (bicyclic) bond motifs is 7. The van der Waals surface area contributed by atoms with Crippen LogP contribution in [-0.2, 0) is 47.5 Å². The molecule has 9 rings (SSSR count). The topological polar surface area (TPSA) is 411 Å². The molecule has 0 radical (unpaired) electrons. The zero-order chi connectivity index (χ0) is 57.9. The van der Waals surface area contributed by atoms with Crippen LogP contribution in [0.5, 0.6) is 0 Å². The molecule has 5 aliphatic carbocycles. The van der Waals surface area contributed by atoms with Gasteiger partial charge in [0.1, 0.15) is 85.5 Å². The number of allylic oxidation sites excluding steroid dienone is 2. The summed E-state index contributed by atoms with van der Waals surface area (Å²) in [7, 11) is 0. The van der Waals surface area contributed by atoms with Gasteiger partial charge >= 0.3 is 11.9 Å². The second-order valence-electron chi connectivity index (χ2n) is 26.0. The quantitative estimate of drug-likeness (QED) is 0.0497. The van der Waals surface area contributed by atoms with E-state index in [0.29, 0.717) is 44.9 Å². The predicted octanol–water partition coefficient (Wildman–Crippen LogP) is -2.97. The minimum absolute atomic E-state index is 0.0792. The molecule has 0 spiro atoms. The molecule has 25 nitrogen and oxygen atoms in total. The molecule has 0 aromatic heterocycles. The molecule has 30 atom stereocenters. The third-order valence-electron chi connectivity index (χ3n) is 21.8. The van der Waals surface area contributed by atoms with E-state index in [-0.39, 0.29) is 40.6 Å². The van der Waals surface area contributed by atoms with E-state index in [1.165, 1.54) is 5.57 Å². The van der Waals surface area contributed by atoms with Crippen molar-refractivity contribution >= 4 is 11.9 Å². The summed E-state index contributed by atoms with van der Waals surface area (Å²) in [5.74, 6) is -2.49. The first-order valence-electron chi connectivity index (χ1n) is 28.0. The molecule has 4 aliphatic heterocycles. The second-order valence-corrected chi connectivity index (χ2v) is 26.0. The normalized spacial score (nSPS) is 54.8. The highest BCUT2D eigenvalue weighted by molar-refractivity contribution is 5.77. The highest BCUT2D eigenvalue weighted by Crippen LogP contribution is 2.76. The Hall–Kier alpha value is -2.16. The summed E-state index contributed by atoms with van der Waals surface area (Å²) in [4.78, 5) is 27.1. The molecule has 15 N–H and O–H groups in total. The lowest BCUT2D eigenvalue weighted by molar-refractivity contribution is -0.375. The van der Waals surface area contributed by atoms with Crippen LogP contribution in [0, 0.1) is 50.2 Å². The van der Waals surface area contributed by atoms with Crippen LogP contribution in [0.1, 0.15) is 106 Å². The van der Waals surface area contributed by atoms with E-state index in [2.05, 4.69) is 33.8 Å². The fourth-order valence-corrected chi connectivity index (χ4v) is 16.4. The van der Waals surface area contributed by atoms with Gasteiger partial charge in [-0.2, -0.15) is 0 Å². The van der Waals surface area contributed by atoms with Crippen LogP contribution in [-0.4, -0.2) is 244 Å². The van der Waals surface area contributed by atoms with E-state index in [1.54, 1.807) is 0 Å². The van der Waals surface area contributed by atoms with E-state index < -0.39 is 177 Å². The van der Waals surface area contributed by atoms with Gasteiger partial charge in [-0.25, -0.2) is 4.79 Å². The number of carbonyl (C=O) groups is 2. The number of ether oxygens (including phenoxy) is 8. The van der Waals surface area contributed by atoms with Crippen LogP contribution in [0.25, 0.3) is 0 Å². The Morgan fingerprint density at radius 1 is 0.557 bits per heavy atom. The average Bonchev–Trinajstić information content (AvgIpc) is 3.44. The molecule has 25 heteroatoms. The Bertz CT molecular complexity index is 2220. The smallest absolute Gasteiger partial charge is 0.335 e. The summed E-state index contributed by atoms with van der Waals surface area (Å²) >= 11 is 0. The Labute approximate surface area is 457 Å². The lowest BCUT2D eigenvalue weighted by Gasteiger charge is -2.71. The summed E-state index contributed by atoms with van der Waals surface area (Å²) in [5, 5.41) is 159. The Morgan fingerprint density at radius 3 is 1.62 bits per heavy atom. The van der Waals surface area contributed by atoms with Crippen LogP contribution < -0.4 is 0 Å². The molecule has 4 saturated heterocycles. The largest absolute Gasteiger partial charge is 0.479 e. The van der Waals surface area contributed by atoms with Crippen LogP contribution in [0.3, 0.4) is 0 Å². The maximum atomic E-state index is 14.8. The Morgan fingerprint density at radius 2 is 1.08 bits per heavy atom. The molecule has 4 heterocycles. The molecule has 4 saturated carbocycles. The van der Waals surface area contributed by atoms with Gasteiger partial charge < -0.3 is 114 Å². The van der Waals surface area contributed by atoms with Crippen molar-refractivity contribution in [3.05, 3.63) is 11.6 Å². The van der Waals surface area contributed by atoms with Crippen molar-refractivity contribution in [1.82, 2.24) is 0 Å². The minimum atomic E-state index is -2.05. The van der Waals surface area contributed by atoms with Crippen molar-refractivity contribution < 1.29 is 124 Å². The number of carboxylic acids is 1. The van der Waals surface area contributed by atoms with Gasteiger partial charge in [0.25, 0.3) is 0 Å². The minimum Gasteiger partial charge on any atom is -0.479 e. The number of carbonyl (C=O) groups excluding carboxylic acids is 1. The Balaban J connectivity index is 0.947. The lowest BCUT2D eigenvalue weighted by atomic mass is 9.33. The summed E-state index contributed by atoms with van der Waals surface area (Å²) in [6.07, 6.45) is -27.6. The first-order valence-corrected chi connectivity index (χ1v) is 28.0. The van der Waals surface area contributed by atoms with Crippen molar-refractivity contribution in [3.63, 3.8) is 0 Å². The van der Waals surface area contributed by atoms with E-state index in [1.807, 2.05) is 13.8 Å². The van der Waals surface area contributed by atoms with E-state index >= 15 is 0 Å². The molecule has 8 fully saturated rings. The molecule has 452 valence electrons. The summed E-state index contributed by atoms with van der Waals surface area (Å²) < 4.78 is 47.3. The summed E-state index contributed by atoms with van der Waals surface area (Å²) in [6, 6.07) is 0. The monoisotopic (exact) mass is 1130 g/mol. The second kappa shape index (κ2) is 22.4. The first-order chi connectivity index (χ1) is 37.0. The van der Waals surface area contributed by atoms with Crippen molar-refractivity contribution in [3.8, 4) is 0 Å². The first kappa shape index (κ1) is 61.4. The Kier molecular flexibility index (Phi) is 17.4. The van der Waals surface area contributed by atoms with Gasteiger partial charge in [-0.1, -0.05) is 46.3 Å². The zero-order valence-electron chi connectivity index (χ0n) is 45.6. The van der Waals surface area contributed by atoms with Gasteiger partial charge in [-0.3, -0.25) is 4.79 Å². The van der Waals surface area contributed by atoms with Gasteiger partial charge in [-0.05, 0) is 111 Å². The van der Waals surface area contributed by atoms with Crippen molar-refractivity contribution in [2.24, 2.45) is 50.2 Å². The molecular weight excluding hydrogens is 1050 g/mol. The standard InChI is InChI=1S/C54H86O25/c1-49-13-14-50(2,48(71)79-46-41(35(64)32(61)26(20-57)74-46)77-44-38(67)33(62)30(59)24(18-55)72-44)17-23(49)22-7-8-28-51(3)11-10-29(52(4,21-58)27(51)9-12-54(28,6)53(22,5)16-15-49)75-47-42(37(66)36(65)40(76-47)43(69)70)78-45-39(68)34(63)31(60)25(19-56)73-45/h7,23-42,44-47,55-68H,8-21H2,1-6H3,(H,69,70). The molecule has 9 aliphatic rings. The zero-order valence-corrected chi connectivity index (χ0v) is 45.6. The van der Waals surface area contributed by atoms with Gasteiger partial charge in [0.2, 0.25) is 6.29 Å². The third-order valence-corrected chi connectivity index (χ3v) is 21.8. The van der Waals surface area contributed by atoms with Crippen molar-refractivity contribution in [2.45, 2.75) is 235 Å². The number of aliphatic hydroxyl groups is 14. The molecular formula is C54H86O25. The van der Waals surface area contributed by atoms with Gasteiger partial charge in [0.05, 0.1) is 37.9 Å². The number of aliphatic hydroxyl groups excluding tert-OH is 14. The SMILES string of the molecule is CC1(C(=O)OC2OC(CO)C(O)C(O)C2OC2OC(CO)C(O)C(O)C2O)CCC2(C)CCC3(C)C(=CCC4C5(C)CCC(OC6OC(C(=O)O)C(O)C(O)C6OC6OC(CO)C(O)C(O)C6O)C(C)(CO)C5CCC43C)C2C1. The van der Waals surface area contributed by atoms with E-state index in [4.69, 9.17) is 37.9 Å². The van der Waals surface area contributed by atoms with Crippen LogP contribution in [0.4, 0.5) is 0 Å². The predicted molar refractivity (Wildman–Crippen MR) is 265 cm³/mol. The van der Waals surface area contributed by atoms with Gasteiger partial charge in [0.15, 0.2) is 31.1 Å². The number of esters is 1. The highest BCUT2D eigenvalue weighted by atomic mass is 16.8. The lowest BCUT2D eigenvalue weighted by Crippen LogP contribution is -2.68. The summed E-state index contributed by atoms with van der Waals surface area (Å²) in [6.45, 7) is 10.2. The number of hydrogen-bond donors (Lipinski definition) is 15. The maximum Gasteiger partial charge on any atom is 0.335 e. The maximum absolute atomic E-state index is 14.8. The number of rotatable bonds is 13. The summed E-state index contributed by atoms with van der Waals surface area (Å²) in [5.41, 5.74) is -2.13. The van der Waals surface area contributed by atoms with Crippen molar-refractivity contribution in [2.75, 3.05) is 26.4 Å². The molecule has 0 aromatic carbocycles. The average molecular weight is 1140 g/mol. The third kappa shape index (κ3) is 9.95. The molecule has 79 heavy (non-hydrogen) atoms. The molecule has 30 unspecified atom stereocenters. The van der Waals surface area contributed by atoms with Gasteiger partial charge in [-0.15, -0.1) is 0 Å². The number of hydrogen-bond acceptors (Lipinski definition) is 24. The van der Waals surface area contributed by atoms with E-state index in [0.717, 1.165) is 19.3 Å². The fraction of sp³-hybridized carbons (Fsp3) is 0.926. The van der Waals surface area contributed by atoms with E-state index in [9.17, 15) is 86.2 Å². The molecule has 0 bridgehead atoms. The van der Waals surface area contributed by atoms with Gasteiger partial charge in [0, 0.05) is 5.41 Å². The highest BCUT2D eigenvalue weighted by Gasteiger charge is 2.70. The van der Waals surface area contributed by atoms with Crippen LogP contribution in [0.15, 0.2) is 11.6 Å². The van der Waals surface area contributed by atoms with Crippen molar-refractivity contribution in [1.29, 1.82) is 0 Å². The number of carboxylic acid groups (broad SMARTS) is 1. The van der Waals surface area contributed by atoms with Crippen LogP contribution >= 0.6 is 0 Å². The molecule has 0 aromatic rings. The molecule has 0 amide bonds. The number of aliphatic carboxylic acids is 1. The van der Waals surface area contributed by atoms with Crippen LogP contribution in [0.2, 0.25) is 0 Å².